The van der Waals surface area contributed by atoms with Crippen molar-refractivity contribution in [2.75, 3.05) is 7.05 Å². The van der Waals surface area contributed by atoms with Gasteiger partial charge in [0, 0.05) is 18.1 Å². The predicted molar refractivity (Wildman–Crippen MR) is 75.0 cm³/mol. The summed E-state index contributed by atoms with van der Waals surface area (Å²) in [6.07, 6.45) is 2.76. The summed E-state index contributed by atoms with van der Waals surface area (Å²) in [7, 11) is -2.13. The number of aliphatic hydroxyl groups is 1. The van der Waals surface area contributed by atoms with Crippen molar-refractivity contribution in [3.8, 4) is 0 Å². The van der Waals surface area contributed by atoms with E-state index in [9.17, 15) is 13.5 Å². The number of nitrogens with zero attached hydrogens (tertiary/aromatic N) is 1. The lowest BCUT2D eigenvalue weighted by Crippen LogP contribution is -2.41. The third-order valence-electron chi connectivity index (χ3n) is 3.50. The second-order valence-corrected chi connectivity index (χ2v) is 7.42. The Hall–Kier alpha value is -0.330. The second-order valence-electron chi connectivity index (χ2n) is 4.64. The zero-order valence-electron chi connectivity index (χ0n) is 10.4. The maximum atomic E-state index is 12.5. The van der Waals surface area contributed by atoms with E-state index in [4.69, 9.17) is 23.2 Å². The molecule has 2 rings (SSSR count). The topological polar surface area (TPSA) is 57.6 Å². The van der Waals surface area contributed by atoms with Crippen LogP contribution >= 0.6 is 23.2 Å². The average molecular weight is 324 g/mol. The predicted octanol–water partition coefficient (Wildman–Crippen LogP) is 2.66. The molecule has 0 bridgehead atoms. The average Bonchev–Trinajstić information content (AvgIpc) is 2.29. The minimum atomic E-state index is -3.68. The molecule has 0 saturated heterocycles. The summed E-state index contributed by atoms with van der Waals surface area (Å²) in [5.41, 5.74) is 0.315. The Kier molecular flexibility index (Phi) is 4.42. The normalized spacial score (nSPS) is 16.7. The molecule has 1 aliphatic rings. The first-order valence-corrected chi connectivity index (χ1v) is 8.14. The molecule has 1 fully saturated rings. The zero-order valence-corrected chi connectivity index (χ0v) is 12.8. The SMILES string of the molecule is CN(C1CCC1)S(=O)(=O)c1cc(Cl)cc(CO)c1Cl. The monoisotopic (exact) mass is 323 g/mol. The molecular weight excluding hydrogens is 309 g/mol. The summed E-state index contributed by atoms with van der Waals surface area (Å²) in [6.45, 7) is -0.352. The van der Waals surface area contributed by atoms with E-state index >= 15 is 0 Å². The number of hydrogen-bond donors (Lipinski definition) is 1. The van der Waals surface area contributed by atoms with Gasteiger partial charge in [0.2, 0.25) is 10.0 Å². The second kappa shape index (κ2) is 5.58. The first kappa shape index (κ1) is 15.1. The molecule has 1 N–H and O–H groups in total. The van der Waals surface area contributed by atoms with Crippen LogP contribution in [0.1, 0.15) is 24.8 Å². The molecule has 19 heavy (non-hydrogen) atoms. The van der Waals surface area contributed by atoms with Crippen LogP contribution < -0.4 is 0 Å². The fourth-order valence-corrected chi connectivity index (χ4v) is 4.34. The number of rotatable bonds is 4. The summed E-state index contributed by atoms with van der Waals surface area (Å²) in [5, 5.41) is 9.47. The molecule has 1 aromatic carbocycles. The molecule has 0 heterocycles. The van der Waals surface area contributed by atoms with E-state index in [1.54, 1.807) is 7.05 Å². The van der Waals surface area contributed by atoms with Crippen LogP contribution in [0.5, 0.6) is 0 Å². The summed E-state index contributed by atoms with van der Waals surface area (Å²) >= 11 is 11.9. The Morgan fingerprint density at radius 3 is 2.47 bits per heavy atom. The van der Waals surface area contributed by atoms with Crippen LogP contribution in [0.15, 0.2) is 17.0 Å². The van der Waals surface area contributed by atoms with Crippen LogP contribution in [-0.2, 0) is 16.6 Å². The number of halogens is 2. The fourth-order valence-electron chi connectivity index (χ4n) is 2.02. The van der Waals surface area contributed by atoms with E-state index in [2.05, 4.69) is 0 Å². The maximum absolute atomic E-state index is 12.5. The molecule has 1 saturated carbocycles. The standard InChI is InChI=1S/C12H15Cl2NO3S/c1-15(10-3-2-4-10)19(17,18)11-6-9(13)5-8(7-16)12(11)14/h5-6,10,16H,2-4,7H2,1H3. The van der Waals surface area contributed by atoms with Gasteiger partial charge in [-0.15, -0.1) is 0 Å². The minimum Gasteiger partial charge on any atom is -0.392 e. The van der Waals surface area contributed by atoms with Gasteiger partial charge in [-0.2, -0.15) is 4.31 Å². The summed E-state index contributed by atoms with van der Waals surface area (Å²) < 4.78 is 26.4. The lowest BCUT2D eigenvalue weighted by Gasteiger charge is -2.34. The third-order valence-corrected chi connectivity index (χ3v) is 6.21. The molecule has 1 aromatic rings. The quantitative estimate of drug-likeness (QED) is 0.926. The molecular formula is C12H15Cl2NO3S. The van der Waals surface area contributed by atoms with Crippen molar-refractivity contribution >= 4 is 33.2 Å². The van der Waals surface area contributed by atoms with Gasteiger partial charge < -0.3 is 5.11 Å². The first-order valence-electron chi connectivity index (χ1n) is 5.94. The summed E-state index contributed by atoms with van der Waals surface area (Å²) in [5.74, 6) is 0. The molecule has 0 aromatic heterocycles. The molecule has 0 aliphatic heterocycles. The first-order chi connectivity index (χ1) is 8.87. The van der Waals surface area contributed by atoms with E-state index in [1.165, 1.54) is 16.4 Å². The Balaban J connectivity index is 2.47. The van der Waals surface area contributed by atoms with Gasteiger partial charge in [-0.3, -0.25) is 0 Å². The highest BCUT2D eigenvalue weighted by Crippen LogP contribution is 2.34. The summed E-state index contributed by atoms with van der Waals surface area (Å²) in [6, 6.07) is 2.82. The van der Waals surface area contributed by atoms with Crippen LogP contribution in [0.4, 0.5) is 0 Å². The molecule has 0 radical (unpaired) electrons. The smallest absolute Gasteiger partial charge is 0.244 e. The van der Waals surface area contributed by atoms with Crippen molar-refractivity contribution in [1.82, 2.24) is 4.31 Å². The molecule has 1 aliphatic carbocycles. The molecule has 106 valence electrons. The van der Waals surface area contributed by atoms with Gasteiger partial charge in [0.1, 0.15) is 4.90 Å². The molecule has 0 amide bonds. The van der Waals surface area contributed by atoms with Gasteiger partial charge in [-0.1, -0.05) is 29.6 Å². The van der Waals surface area contributed by atoms with Gasteiger partial charge >= 0.3 is 0 Å². The fraction of sp³-hybridized carbons (Fsp3) is 0.500. The van der Waals surface area contributed by atoms with Gasteiger partial charge in [0.25, 0.3) is 0 Å². The van der Waals surface area contributed by atoms with Crippen LogP contribution in [0, 0.1) is 0 Å². The van der Waals surface area contributed by atoms with Gasteiger partial charge in [0.05, 0.1) is 11.6 Å². The van der Waals surface area contributed by atoms with E-state index in [0.29, 0.717) is 5.56 Å². The molecule has 4 nitrogen and oxygen atoms in total. The lowest BCUT2D eigenvalue weighted by atomic mass is 9.94. The Labute approximate surface area is 123 Å². The maximum Gasteiger partial charge on any atom is 0.244 e. The number of aliphatic hydroxyl groups excluding tert-OH is 1. The van der Waals surface area contributed by atoms with Crippen molar-refractivity contribution in [1.29, 1.82) is 0 Å². The van der Waals surface area contributed by atoms with Crippen LogP contribution in [0.3, 0.4) is 0 Å². The molecule has 0 atom stereocenters. The van der Waals surface area contributed by atoms with E-state index < -0.39 is 10.0 Å². The lowest BCUT2D eigenvalue weighted by molar-refractivity contribution is 0.249. The highest BCUT2D eigenvalue weighted by atomic mass is 35.5. The Morgan fingerprint density at radius 2 is 2.00 bits per heavy atom. The van der Waals surface area contributed by atoms with E-state index in [1.807, 2.05) is 0 Å². The van der Waals surface area contributed by atoms with E-state index in [-0.39, 0.29) is 27.6 Å². The minimum absolute atomic E-state index is 0.0256. The number of benzene rings is 1. The Morgan fingerprint density at radius 1 is 1.37 bits per heavy atom. The van der Waals surface area contributed by atoms with E-state index in [0.717, 1.165) is 19.3 Å². The molecule has 7 heteroatoms. The molecule has 0 spiro atoms. The van der Waals surface area contributed by atoms with Crippen LogP contribution in [0.25, 0.3) is 0 Å². The van der Waals surface area contributed by atoms with Crippen molar-refractivity contribution in [3.05, 3.63) is 27.7 Å². The highest BCUT2D eigenvalue weighted by Gasteiger charge is 2.33. The van der Waals surface area contributed by atoms with Crippen molar-refractivity contribution in [2.24, 2.45) is 0 Å². The van der Waals surface area contributed by atoms with Crippen molar-refractivity contribution in [2.45, 2.75) is 36.8 Å². The largest absolute Gasteiger partial charge is 0.392 e. The van der Waals surface area contributed by atoms with Crippen molar-refractivity contribution < 1.29 is 13.5 Å². The van der Waals surface area contributed by atoms with Crippen molar-refractivity contribution in [3.63, 3.8) is 0 Å². The number of hydrogen-bond acceptors (Lipinski definition) is 3. The molecule has 0 unspecified atom stereocenters. The van der Waals surface area contributed by atoms with Crippen LogP contribution in [0.2, 0.25) is 10.0 Å². The highest BCUT2D eigenvalue weighted by molar-refractivity contribution is 7.89. The van der Waals surface area contributed by atoms with Crippen LogP contribution in [-0.4, -0.2) is 30.9 Å². The summed E-state index contributed by atoms with van der Waals surface area (Å²) in [4.78, 5) is -0.0416. The number of sulfonamides is 1. The van der Waals surface area contributed by atoms with Gasteiger partial charge in [-0.05, 0) is 30.5 Å². The Bertz CT molecular complexity index is 585. The van der Waals surface area contributed by atoms with Gasteiger partial charge in [-0.25, -0.2) is 8.42 Å². The van der Waals surface area contributed by atoms with Gasteiger partial charge in [0.15, 0.2) is 0 Å². The third kappa shape index (κ3) is 2.76. The zero-order chi connectivity index (χ0) is 14.2.